The number of aromatic nitrogens is 7. The van der Waals surface area contributed by atoms with Crippen molar-refractivity contribution >= 4 is 0 Å². The Morgan fingerprint density at radius 1 is 1.18 bits per heavy atom. The second-order valence-electron chi connectivity index (χ2n) is 3.44. The third-order valence-electron chi connectivity index (χ3n) is 2.32. The standard InChI is InChI=1S/C10H9N7/c1-2-4-11-8(3-1)7-17-6-5-12-10(17)9-13-15-16-14-9/h1-6H,7H2,(H,13,14,15,16). The SMILES string of the molecule is c1ccc(Cn2ccnc2-c2nn[nH]n2)nc1. The first-order chi connectivity index (χ1) is 8.43. The van der Waals surface area contributed by atoms with Gasteiger partial charge in [-0.3, -0.25) is 4.98 Å². The van der Waals surface area contributed by atoms with E-state index in [1.165, 1.54) is 0 Å². The lowest BCUT2D eigenvalue weighted by Gasteiger charge is -2.04. The number of imidazole rings is 1. The summed E-state index contributed by atoms with van der Waals surface area (Å²) < 4.78 is 1.92. The van der Waals surface area contributed by atoms with Gasteiger partial charge in [-0.15, -0.1) is 10.2 Å². The van der Waals surface area contributed by atoms with Crippen molar-refractivity contribution in [2.75, 3.05) is 0 Å². The highest BCUT2D eigenvalue weighted by Crippen LogP contribution is 2.11. The maximum atomic E-state index is 4.26. The third kappa shape index (κ3) is 1.89. The minimum absolute atomic E-state index is 0.478. The van der Waals surface area contributed by atoms with E-state index in [0.717, 1.165) is 5.69 Å². The summed E-state index contributed by atoms with van der Waals surface area (Å²) in [6.45, 7) is 0.630. The number of tetrazole rings is 1. The zero-order valence-electron chi connectivity index (χ0n) is 8.85. The zero-order valence-corrected chi connectivity index (χ0v) is 8.85. The van der Waals surface area contributed by atoms with E-state index in [4.69, 9.17) is 0 Å². The molecule has 0 spiro atoms. The first-order valence-corrected chi connectivity index (χ1v) is 5.08. The molecule has 3 rings (SSSR count). The highest BCUT2D eigenvalue weighted by molar-refractivity contribution is 5.41. The summed E-state index contributed by atoms with van der Waals surface area (Å²) in [7, 11) is 0. The molecular formula is C10H9N7. The van der Waals surface area contributed by atoms with Crippen LogP contribution < -0.4 is 0 Å². The van der Waals surface area contributed by atoms with Crippen LogP contribution in [0.15, 0.2) is 36.8 Å². The number of rotatable bonds is 3. The molecule has 0 bridgehead atoms. The molecule has 0 saturated heterocycles. The average molecular weight is 227 g/mol. The Labute approximate surface area is 96.5 Å². The van der Waals surface area contributed by atoms with Gasteiger partial charge < -0.3 is 4.57 Å². The summed E-state index contributed by atoms with van der Waals surface area (Å²) in [6, 6.07) is 5.80. The van der Waals surface area contributed by atoms with Gasteiger partial charge in [0.05, 0.1) is 12.2 Å². The molecule has 3 aromatic rings. The van der Waals surface area contributed by atoms with Gasteiger partial charge in [0.25, 0.3) is 0 Å². The van der Waals surface area contributed by atoms with Crippen molar-refractivity contribution in [3.63, 3.8) is 0 Å². The van der Waals surface area contributed by atoms with Crippen molar-refractivity contribution in [3.8, 4) is 11.6 Å². The molecule has 17 heavy (non-hydrogen) atoms. The van der Waals surface area contributed by atoms with E-state index in [1.807, 2.05) is 29.0 Å². The maximum Gasteiger partial charge on any atom is 0.240 e. The second kappa shape index (κ2) is 4.12. The largest absolute Gasteiger partial charge is 0.322 e. The number of hydrogen-bond donors (Lipinski definition) is 1. The van der Waals surface area contributed by atoms with Crippen molar-refractivity contribution < 1.29 is 0 Å². The lowest BCUT2D eigenvalue weighted by Crippen LogP contribution is -2.03. The molecule has 0 aromatic carbocycles. The lowest BCUT2D eigenvalue weighted by molar-refractivity contribution is 0.775. The summed E-state index contributed by atoms with van der Waals surface area (Å²) >= 11 is 0. The number of aromatic amines is 1. The van der Waals surface area contributed by atoms with Gasteiger partial charge >= 0.3 is 0 Å². The Bertz CT molecular complexity index is 584. The fraction of sp³-hybridized carbons (Fsp3) is 0.100. The van der Waals surface area contributed by atoms with E-state index in [0.29, 0.717) is 18.2 Å². The number of H-pyrrole nitrogens is 1. The summed E-state index contributed by atoms with van der Waals surface area (Å²) in [5.41, 5.74) is 0.954. The van der Waals surface area contributed by atoms with Gasteiger partial charge in [-0.2, -0.15) is 5.21 Å². The predicted molar refractivity (Wildman–Crippen MR) is 58.7 cm³/mol. The van der Waals surface area contributed by atoms with Crippen LogP contribution in [-0.4, -0.2) is 35.2 Å². The van der Waals surface area contributed by atoms with Gasteiger partial charge in [-0.25, -0.2) is 4.98 Å². The van der Waals surface area contributed by atoms with Gasteiger partial charge in [0.2, 0.25) is 5.82 Å². The molecule has 7 nitrogen and oxygen atoms in total. The number of nitrogens with zero attached hydrogens (tertiary/aromatic N) is 6. The van der Waals surface area contributed by atoms with Crippen LogP contribution in [0.3, 0.4) is 0 Å². The van der Waals surface area contributed by atoms with Gasteiger partial charge in [-0.1, -0.05) is 6.07 Å². The van der Waals surface area contributed by atoms with Crippen LogP contribution >= 0.6 is 0 Å². The summed E-state index contributed by atoms with van der Waals surface area (Å²) in [5.74, 6) is 1.15. The molecule has 84 valence electrons. The number of nitrogens with one attached hydrogen (secondary N) is 1. The van der Waals surface area contributed by atoms with Gasteiger partial charge in [0, 0.05) is 18.6 Å². The summed E-state index contributed by atoms with van der Waals surface area (Å²) in [5, 5.41) is 13.8. The molecule has 0 amide bonds. The Morgan fingerprint density at radius 2 is 2.18 bits per heavy atom. The highest BCUT2D eigenvalue weighted by atomic mass is 15.5. The van der Waals surface area contributed by atoms with Crippen LogP contribution in [-0.2, 0) is 6.54 Å². The molecule has 0 aliphatic rings. The predicted octanol–water partition coefficient (Wildman–Crippen LogP) is 0.506. The quantitative estimate of drug-likeness (QED) is 0.704. The second-order valence-corrected chi connectivity index (χ2v) is 3.44. The van der Waals surface area contributed by atoms with E-state index in [1.54, 1.807) is 12.4 Å². The number of hydrogen-bond acceptors (Lipinski definition) is 5. The molecule has 0 atom stereocenters. The van der Waals surface area contributed by atoms with Crippen molar-refractivity contribution in [2.24, 2.45) is 0 Å². The summed E-state index contributed by atoms with van der Waals surface area (Å²) in [6.07, 6.45) is 5.33. The zero-order chi connectivity index (χ0) is 11.5. The van der Waals surface area contributed by atoms with Gasteiger partial charge in [0.15, 0.2) is 5.82 Å². The molecular weight excluding hydrogens is 218 g/mol. The van der Waals surface area contributed by atoms with Crippen LogP contribution in [0, 0.1) is 0 Å². The molecule has 7 heteroatoms. The van der Waals surface area contributed by atoms with Crippen molar-refractivity contribution in [3.05, 3.63) is 42.5 Å². The molecule has 0 saturated carbocycles. The van der Waals surface area contributed by atoms with Crippen molar-refractivity contribution in [1.29, 1.82) is 0 Å². The molecule has 3 aromatic heterocycles. The van der Waals surface area contributed by atoms with E-state index in [2.05, 4.69) is 30.6 Å². The maximum absolute atomic E-state index is 4.26. The third-order valence-corrected chi connectivity index (χ3v) is 2.32. The lowest BCUT2D eigenvalue weighted by atomic mass is 10.3. The molecule has 3 heterocycles. The van der Waals surface area contributed by atoms with Crippen LogP contribution in [0.4, 0.5) is 0 Å². The molecule has 1 N–H and O–H groups in total. The molecule has 0 radical (unpaired) electrons. The normalized spacial score (nSPS) is 10.6. The topological polar surface area (TPSA) is 85.2 Å². The van der Waals surface area contributed by atoms with Gasteiger partial charge in [0.1, 0.15) is 0 Å². The molecule has 0 aliphatic heterocycles. The van der Waals surface area contributed by atoms with Crippen molar-refractivity contribution in [1.82, 2.24) is 35.2 Å². The monoisotopic (exact) mass is 227 g/mol. The first kappa shape index (κ1) is 9.64. The first-order valence-electron chi connectivity index (χ1n) is 5.08. The van der Waals surface area contributed by atoms with Crippen LogP contribution in [0.5, 0.6) is 0 Å². The number of pyridine rings is 1. The van der Waals surface area contributed by atoms with Crippen molar-refractivity contribution in [2.45, 2.75) is 6.54 Å². The fourth-order valence-electron chi connectivity index (χ4n) is 1.57. The van der Waals surface area contributed by atoms with E-state index < -0.39 is 0 Å². The van der Waals surface area contributed by atoms with Crippen LogP contribution in [0.2, 0.25) is 0 Å². The van der Waals surface area contributed by atoms with E-state index in [9.17, 15) is 0 Å². The highest BCUT2D eigenvalue weighted by Gasteiger charge is 2.10. The Kier molecular flexibility index (Phi) is 2.34. The van der Waals surface area contributed by atoms with E-state index >= 15 is 0 Å². The minimum Gasteiger partial charge on any atom is -0.322 e. The minimum atomic E-state index is 0.478. The molecule has 0 aliphatic carbocycles. The molecule has 0 unspecified atom stereocenters. The average Bonchev–Trinajstić information content (AvgIpc) is 3.00. The smallest absolute Gasteiger partial charge is 0.240 e. The Balaban J connectivity index is 1.92. The van der Waals surface area contributed by atoms with E-state index in [-0.39, 0.29) is 0 Å². The Hall–Kier alpha value is -2.57. The Morgan fingerprint density at radius 3 is 2.94 bits per heavy atom. The molecule has 0 fully saturated rings. The summed E-state index contributed by atoms with van der Waals surface area (Å²) in [4.78, 5) is 8.47. The van der Waals surface area contributed by atoms with Crippen LogP contribution in [0.25, 0.3) is 11.6 Å². The van der Waals surface area contributed by atoms with Crippen LogP contribution in [0.1, 0.15) is 5.69 Å². The fourth-order valence-corrected chi connectivity index (χ4v) is 1.57. The van der Waals surface area contributed by atoms with Gasteiger partial charge in [-0.05, 0) is 17.3 Å².